The van der Waals surface area contributed by atoms with Crippen LogP contribution in [0, 0.1) is 17.8 Å². The summed E-state index contributed by atoms with van der Waals surface area (Å²) in [4.78, 5) is 49.3. The molecule has 8 nitrogen and oxygen atoms in total. The molecule has 3 aliphatic rings. The molecular weight excluding hydrogens is 670 g/mol. The zero-order valence-electron chi connectivity index (χ0n) is 27.6. The molecule has 0 aliphatic carbocycles. The first-order chi connectivity index (χ1) is 23.1. The molecule has 3 amide bonds. The molecule has 3 fully saturated rings. The normalized spacial score (nSPS) is 26.5. The van der Waals surface area contributed by atoms with Gasteiger partial charge < -0.3 is 24.5 Å². The number of carbonyl (C=O) groups is 3. The van der Waals surface area contributed by atoms with Gasteiger partial charge in [0.2, 0.25) is 11.8 Å². The van der Waals surface area contributed by atoms with Gasteiger partial charge in [-0.1, -0.05) is 103 Å². The number of halogens is 1. The van der Waals surface area contributed by atoms with E-state index in [1.807, 2.05) is 86.6 Å². The fourth-order valence-corrected chi connectivity index (χ4v) is 9.13. The minimum atomic E-state index is -1.26. The Hall–Kier alpha value is -3.79. The van der Waals surface area contributed by atoms with E-state index in [1.165, 1.54) is 0 Å². The van der Waals surface area contributed by atoms with Crippen molar-refractivity contribution in [2.45, 2.75) is 61.8 Å². The van der Waals surface area contributed by atoms with Crippen molar-refractivity contribution in [3.63, 3.8) is 0 Å². The number of fused-ring (bicyclic) bond motifs is 2. The van der Waals surface area contributed by atoms with E-state index in [0.717, 1.165) is 16.3 Å². The van der Waals surface area contributed by atoms with Crippen molar-refractivity contribution in [1.82, 2.24) is 9.80 Å². The number of likely N-dealkylation sites (tertiary alicyclic amines) is 1. The highest BCUT2D eigenvalue weighted by Crippen LogP contribution is 2.61. The average Bonchev–Trinajstić information content (AvgIpc) is 3.68. The number of carbonyl (C=O) groups excluding carboxylic acids is 3. The van der Waals surface area contributed by atoms with Crippen molar-refractivity contribution >= 4 is 50.1 Å². The second kappa shape index (κ2) is 14.0. The van der Waals surface area contributed by atoms with Gasteiger partial charge >= 0.3 is 0 Å². The standard InChI is InChI=1S/C39H44BrN3O5/c1-5-18-41(23-26-12-8-7-9-13-26)36(45)32-33-37(46)43(30(24-44)20-25(3)4)35(39(33)22-31(40)34(32)48-39)38(47)42(19-6-2)29-17-16-27-14-10-11-15-28(27)21-29/h5-17,21,25,30-35,44H,1-2,18-20,22-24H2,3-4H3/t30-,31?,32-,33+,34-,35?,39?/m1/s1. The van der Waals surface area contributed by atoms with Crippen LogP contribution >= 0.6 is 15.9 Å². The minimum absolute atomic E-state index is 0.140. The van der Waals surface area contributed by atoms with Gasteiger partial charge in [-0.3, -0.25) is 14.4 Å². The predicted molar refractivity (Wildman–Crippen MR) is 191 cm³/mol. The lowest BCUT2D eigenvalue weighted by atomic mass is 9.70. The van der Waals surface area contributed by atoms with Crippen LogP contribution in [0.4, 0.5) is 5.69 Å². The molecule has 48 heavy (non-hydrogen) atoms. The van der Waals surface area contributed by atoms with Crippen LogP contribution in [0.2, 0.25) is 0 Å². The van der Waals surface area contributed by atoms with Crippen LogP contribution in [-0.2, 0) is 25.7 Å². The van der Waals surface area contributed by atoms with E-state index < -0.39 is 35.6 Å². The topological polar surface area (TPSA) is 90.4 Å². The summed E-state index contributed by atoms with van der Waals surface area (Å²) >= 11 is 3.80. The molecule has 0 radical (unpaired) electrons. The lowest BCUT2D eigenvalue weighted by molar-refractivity contribution is -0.147. The summed E-state index contributed by atoms with van der Waals surface area (Å²) in [6.07, 6.45) is 3.63. The zero-order chi connectivity index (χ0) is 34.2. The van der Waals surface area contributed by atoms with E-state index in [0.29, 0.717) is 31.6 Å². The van der Waals surface area contributed by atoms with E-state index in [-0.39, 0.29) is 41.6 Å². The van der Waals surface area contributed by atoms with Gasteiger partial charge in [0.25, 0.3) is 5.91 Å². The third-order valence-electron chi connectivity index (χ3n) is 10.1. The van der Waals surface area contributed by atoms with Crippen LogP contribution in [0.5, 0.6) is 0 Å². The first-order valence-corrected chi connectivity index (χ1v) is 17.7. The molecule has 1 N–H and O–H groups in total. The molecular formula is C39H44BrN3O5. The predicted octanol–water partition coefficient (Wildman–Crippen LogP) is 5.73. The molecule has 3 unspecified atom stereocenters. The van der Waals surface area contributed by atoms with Crippen molar-refractivity contribution < 1.29 is 24.2 Å². The second-order valence-electron chi connectivity index (χ2n) is 13.6. The summed E-state index contributed by atoms with van der Waals surface area (Å²) in [5.74, 6) is -2.40. The van der Waals surface area contributed by atoms with Crippen LogP contribution in [0.25, 0.3) is 10.8 Å². The lowest BCUT2D eigenvalue weighted by Gasteiger charge is -2.40. The monoisotopic (exact) mass is 713 g/mol. The molecule has 6 rings (SSSR count). The molecule has 7 atom stereocenters. The van der Waals surface area contributed by atoms with E-state index in [1.54, 1.807) is 26.9 Å². The molecule has 2 bridgehead atoms. The quantitative estimate of drug-likeness (QED) is 0.181. The van der Waals surface area contributed by atoms with Gasteiger partial charge in [0.15, 0.2) is 0 Å². The molecule has 1 spiro atoms. The van der Waals surface area contributed by atoms with Gasteiger partial charge in [0.05, 0.1) is 30.6 Å². The minimum Gasteiger partial charge on any atom is -0.394 e. The number of aliphatic hydroxyl groups excluding tert-OH is 1. The molecule has 3 aliphatic heterocycles. The van der Waals surface area contributed by atoms with Crippen molar-refractivity contribution in [1.29, 1.82) is 0 Å². The van der Waals surface area contributed by atoms with Crippen LogP contribution < -0.4 is 4.90 Å². The van der Waals surface area contributed by atoms with Crippen molar-refractivity contribution in [2.75, 3.05) is 24.6 Å². The number of aliphatic hydroxyl groups is 1. The fraction of sp³-hybridized carbons (Fsp3) is 0.410. The molecule has 3 aromatic carbocycles. The van der Waals surface area contributed by atoms with Crippen LogP contribution in [0.15, 0.2) is 98.1 Å². The zero-order valence-corrected chi connectivity index (χ0v) is 29.2. The van der Waals surface area contributed by atoms with Crippen molar-refractivity contribution in [3.8, 4) is 0 Å². The highest BCUT2D eigenvalue weighted by molar-refractivity contribution is 9.09. The Kier molecular flexibility index (Phi) is 9.93. The summed E-state index contributed by atoms with van der Waals surface area (Å²) in [5.41, 5.74) is 0.369. The number of hydrogen-bond acceptors (Lipinski definition) is 5. The molecule has 9 heteroatoms. The molecule has 0 saturated carbocycles. The Labute approximate surface area is 291 Å². The number of hydrogen-bond donors (Lipinski definition) is 1. The average molecular weight is 715 g/mol. The Morgan fingerprint density at radius 3 is 2.38 bits per heavy atom. The molecule has 3 aromatic rings. The first kappa shape index (κ1) is 34.1. The maximum absolute atomic E-state index is 15.1. The van der Waals surface area contributed by atoms with Crippen molar-refractivity contribution in [2.24, 2.45) is 17.8 Å². The number of alkyl halides is 1. The largest absolute Gasteiger partial charge is 0.394 e. The van der Waals surface area contributed by atoms with Crippen molar-refractivity contribution in [3.05, 3.63) is 104 Å². The summed E-state index contributed by atoms with van der Waals surface area (Å²) < 4.78 is 6.84. The number of benzene rings is 3. The van der Waals surface area contributed by atoms with Crippen LogP contribution in [0.1, 0.15) is 32.3 Å². The Bertz CT molecular complexity index is 1700. The summed E-state index contributed by atoms with van der Waals surface area (Å²) in [6.45, 7) is 12.4. The molecule has 3 heterocycles. The van der Waals surface area contributed by atoms with Gasteiger partial charge in [-0.2, -0.15) is 0 Å². The third-order valence-corrected chi connectivity index (χ3v) is 10.9. The highest BCUT2D eigenvalue weighted by Gasteiger charge is 2.77. The highest BCUT2D eigenvalue weighted by atomic mass is 79.9. The summed E-state index contributed by atoms with van der Waals surface area (Å²) in [7, 11) is 0. The van der Waals surface area contributed by atoms with Crippen LogP contribution in [-0.4, -0.2) is 80.9 Å². The van der Waals surface area contributed by atoms with E-state index in [4.69, 9.17) is 4.74 Å². The summed E-state index contributed by atoms with van der Waals surface area (Å²) in [5, 5.41) is 12.8. The van der Waals surface area contributed by atoms with Gasteiger partial charge in [-0.15, -0.1) is 13.2 Å². The molecule has 252 valence electrons. The number of ether oxygens (including phenoxy) is 1. The number of rotatable bonds is 13. The van der Waals surface area contributed by atoms with E-state index in [9.17, 15) is 14.7 Å². The Balaban J connectivity index is 1.44. The Morgan fingerprint density at radius 1 is 1.02 bits per heavy atom. The number of anilines is 1. The van der Waals surface area contributed by atoms with E-state index >= 15 is 4.79 Å². The van der Waals surface area contributed by atoms with Gasteiger partial charge in [-0.05, 0) is 47.2 Å². The third kappa shape index (κ3) is 5.90. The summed E-state index contributed by atoms with van der Waals surface area (Å²) in [6, 6.07) is 21.8. The number of amides is 3. The maximum Gasteiger partial charge on any atom is 0.253 e. The molecule has 3 saturated heterocycles. The lowest BCUT2D eigenvalue weighted by Crippen LogP contribution is -2.59. The Morgan fingerprint density at radius 2 is 1.71 bits per heavy atom. The SMILES string of the molecule is C=CCN(Cc1ccccc1)C(=O)[C@H]1[C@@H]2OC3(CC2Br)C(C(=O)N(CC=C)c2ccc4ccccc4c2)N([C@@H](CO)CC(C)C)C(=O)[C@H]13. The maximum atomic E-state index is 15.1. The van der Waals surface area contributed by atoms with Gasteiger partial charge in [0, 0.05) is 30.1 Å². The first-order valence-electron chi connectivity index (χ1n) is 16.7. The number of nitrogens with zero attached hydrogens (tertiary/aromatic N) is 3. The van der Waals surface area contributed by atoms with Gasteiger partial charge in [0.1, 0.15) is 11.6 Å². The smallest absolute Gasteiger partial charge is 0.253 e. The second-order valence-corrected chi connectivity index (χ2v) is 14.8. The fourth-order valence-electron chi connectivity index (χ4n) is 8.19. The van der Waals surface area contributed by atoms with Gasteiger partial charge in [-0.25, -0.2) is 0 Å². The van der Waals surface area contributed by atoms with E-state index in [2.05, 4.69) is 29.1 Å². The van der Waals surface area contributed by atoms with Crippen LogP contribution in [0.3, 0.4) is 0 Å². The molecule has 0 aromatic heterocycles.